The molecular formula is C9H8Cl2N4. The quantitative estimate of drug-likeness (QED) is 0.900. The number of pyridine rings is 1. The van der Waals surface area contributed by atoms with Crippen LogP contribution in [0, 0.1) is 0 Å². The molecule has 0 aliphatic heterocycles. The van der Waals surface area contributed by atoms with E-state index >= 15 is 0 Å². The molecule has 0 saturated carbocycles. The van der Waals surface area contributed by atoms with Crippen molar-refractivity contribution in [2.45, 2.75) is 0 Å². The molecule has 0 aromatic carbocycles. The Balaban J connectivity index is 2.27. The second-order valence-electron chi connectivity index (χ2n) is 2.96. The molecule has 2 aromatic rings. The molecule has 0 atom stereocenters. The summed E-state index contributed by atoms with van der Waals surface area (Å²) in [5.74, 6) is 0.499. The molecular weight excluding hydrogens is 235 g/mol. The summed E-state index contributed by atoms with van der Waals surface area (Å²) in [6.45, 7) is 3.99. The predicted molar refractivity (Wildman–Crippen MR) is 61.5 cm³/mol. The minimum absolute atomic E-state index is 0.437. The van der Waals surface area contributed by atoms with Gasteiger partial charge in [0.15, 0.2) is 5.65 Å². The zero-order valence-electron chi connectivity index (χ0n) is 7.74. The second kappa shape index (κ2) is 4.08. The van der Waals surface area contributed by atoms with E-state index in [4.69, 9.17) is 23.2 Å². The van der Waals surface area contributed by atoms with Crippen molar-refractivity contribution in [3.8, 4) is 0 Å². The highest BCUT2D eigenvalue weighted by molar-refractivity contribution is 6.30. The Morgan fingerprint density at radius 3 is 3.07 bits per heavy atom. The maximum absolute atomic E-state index is 5.81. The van der Waals surface area contributed by atoms with Crippen molar-refractivity contribution >= 4 is 34.8 Å². The Bertz CT molecular complexity index is 506. The van der Waals surface area contributed by atoms with Gasteiger partial charge in [-0.25, -0.2) is 4.52 Å². The number of aromatic nitrogens is 3. The zero-order valence-corrected chi connectivity index (χ0v) is 9.26. The molecule has 15 heavy (non-hydrogen) atoms. The summed E-state index contributed by atoms with van der Waals surface area (Å²) in [5.41, 5.74) is 0.724. The van der Waals surface area contributed by atoms with Crippen LogP contribution in [-0.4, -0.2) is 21.1 Å². The topological polar surface area (TPSA) is 42.2 Å². The predicted octanol–water partition coefficient (Wildman–Crippen LogP) is 2.55. The Morgan fingerprint density at radius 1 is 1.53 bits per heavy atom. The Hall–Kier alpha value is -1.26. The lowest BCUT2D eigenvalue weighted by Crippen LogP contribution is -2.02. The number of rotatable bonds is 3. The average Bonchev–Trinajstić information content (AvgIpc) is 2.56. The summed E-state index contributed by atoms with van der Waals surface area (Å²) >= 11 is 11.4. The highest BCUT2D eigenvalue weighted by atomic mass is 35.5. The third-order valence-corrected chi connectivity index (χ3v) is 2.09. The highest BCUT2D eigenvalue weighted by Crippen LogP contribution is 2.11. The molecule has 0 aliphatic rings. The van der Waals surface area contributed by atoms with Crippen LogP contribution >= 0.6 is 23.2 Å². The van der Waals surface area contributed by atoms with E-state index in [0.29, 0.717) is 22.5 Å². The summed E-state index contributed by atoms with van der Waals surface area (Å²) < 4.78 is 1.60. The van der Waals surface area contributed by atoms with Crippen molar-refractivity contribution in [3.63, 3.8) is 0 Å². The fourth-order valence-electron chi connectivity index (χ4n) is 1.11. The number of hydrogen-bond donors (Lipinski definition) is 1. The number of halogens is 2. The number of nitrogens with zero attached hydrogens (tertiary/aromatic N) is 3. The lowest BCUT2D eigenvalue weighted by atomic mass is 10.5. The number of anilines is 1. The van der Waals surface area contributed by atoms with Crippen LogP contribution in [0.2, 0.25) is 5.02 Å². The van der Waals surface area contributed by atoms with Gasteiger partial charge in [-0.05, 0) is 12.1 Å². The molecule has 0 fully saturated rings. The molecule has 0 unspecified atom stereocenters. The molecule has 0 saturated heterocycles. The molecule has 0 bridgehead atoms. The van der Waals surface area contributed by atoms with Crippen LogP contribution in [0.15, 0.2) is 29.9 Å². The first-order chi connectivity index (χ1) is 7.15. The van der Waals surface area contributed by atoms with Gasteiger partial charge in [-0.2, -0.15) is 4.98 Å². The Labute approximate surface area is 96.5 Å². The van der Waals surface area contributed by atoms with Crippen LogP contribution < -0.4 is 5.32 Å². The van der Waals surface area contributed by atoms with Crippen LogP contribution in [0.25, 0.3) is 5.65 Å². The minimum atomic E-state index is 0.437. The van der Waals surface area contributed by atoms with Crippen molar-refractivity contribution in [2.24, 2.45) is 0 Å². The normalized spacial score (nSPS) is 10.5. The van der Waals surface area contributed by atoms with Crippen LogP contribution in [0.1, 0.15) is 0 Å². The number of hydrogen-bond acceptors (Lipinski definition) is 3. The number of nitrogens with one attached hydrogen (secondary N) is 1. The maximum Gasteiger partial charge on any atom is 0.243 e. The van der Waals surface area contributed by atoms with Gasteiger partial charge < -0.3 is 5.32 Å². The lowest BCUT2D eigenvalue weighted by molar-refractivity contribution is 0.959. The summed E-state index contributed by atoms with van der Waals surface area (Å²) in [7, 11) is 0. The van der Waals surface area contributed by atoms with Crippen molar-refractivity contribution in [1.29, 1.82) is 0 Å². The molecule has 6 heteroatoms. The summed E-state index contributed by atoms with van der Waals surface area (Å²) in [6, 6.07) is 3.55. The van der Waals surface area contributed by atoms with Gasteiger partial charge in [-0.3, -0.25) is 0 Å². The largest absolute Gasteiger partial charge is 0.348 e. The van der Waals surface area contributed by atoms with E-state index in [-0.39, 0.29) is 0 Å². The van der Waals surface area contributed by atoms with Gasteiger partial charge in [-0.1, -0.05) is 29.8 Å². The van der Waals surface area contributed by atoms with E-state index in [0.717, 1.165) is 5.65 Å². The zero-order chi connectivity index (χ0) is 10.8. The van der Waals surface area contributed by atoms with Gasteiger partial charge in [0.2, 0.25) is 5.95 Å². The van der Waals surface area contributed by atoms with Gasteiger partial charge >= 0.3 is 0 Å². The third kappa shape index (κ3) is 2.40. The van der Waals surface area contributed by atoms with Crippen LogP contribution in [0.3, 0.4) is 0 Å². The van der Waals surface area contributed by atoms with Gasteiger partial charge in [0.1, 0.15) is 0 Å². The maximum atomic E-state index is 5.81. The first-order valence-electron chi connectivity index (χ1n) is 4.24. The average molecular weight is 243 g/mol. The standard InChI is InChI=1S/C9H8Cl2N4/c1-6(10)4-12-9-13-8-3-2-7(11)5-15(8)14-9/h2-3,5H,1,4H2,(H,12,14). The molecule has 2 aromatic heterocycles. The Morgan fingerprint density at radius 2 is 2.33 bits per heavy atom. The van der Waals surface area contributed by atoms with Crippen LogP contribution in [-0.2, 0) is 0 Å². The molecule has 0 spiro atoms. The molecule has 0 aliphatic carbocycles. The molecule has 2 rings (SSSR count). The first-order valence-corrected chi connectivity index (χ1v) is 5.00. The third-order valence-electron chi connectivity index (χ3n) is 1.73. The van der Waals surface area contributed by atoms with E-state index in [1.165, 1.54) is 0 Å². The molecule has 4 nitrogen and oxygen atoms in total. The smallest absolute Gasteiger partial charge is 0.243 e. The molecule has 78 valence electrons. The second-order valence-corrected chi connectivity index (χ2v) is 3.93. The molecule has 1 N–H and O–H groups in total. The fourth-order valence-corrected chi connectivity index (χ4v) is 1.33. The van der Waals surface area contributed by atoms with E-state index in [2.05, 4.69) is 22.0 Å². The van der Waals surface area contributed by atoms with Crippen molar-refractivity contribution in [1.82, 2.24) is 14.6 Å². The van der Waals surface area contributed by atoms with E-state index in [1.54, 1.807) is 22.8 Å². The fraction of sp³-hybridized carbons (Fsp3) is 0.111. The van der Waals surface area contributed by atoms with Crippen molar-refractivity contribution in [3.05, 3.63) is 35.0 Å². The van der Waals surface area contributed by atoms with Gasteiger partial charge in [0.25, 0.3) is 0 Å². The molecule has 0 amide bonds. The van der Waals surface area contributed by atoms with E-state index in [9.17, 15) is 0 Å². The SMILES string of the molecule is C=C(Cl)CNc1nc2ccc(Cl)cn2n1. The van der Waals surface area contributed by atoms with Crippen LogP contribution in [0.5, 0.6) is 0 Å². The van der Waals surface area contributed by atoms with Crippen LogP contribution in [0.4, 0.5) is 5.95 Å². The van der Waals surface area contributed by atoms with Gasteiger partial charge in [-0.15, -0.1) is 5.10 Å². The molecule has 2 heterocycles. The van der Waals surface area contributed by atoms with Crippen molar-refractivity contribution in [2.75, 3.05) is 11.9 Å². The van der Waals surface area contributed by atoms with Gasteiger partial charge in [0.05, 0.1) is 11.6 Å². The molecule has 0 radical (unpaired) electrons. The highest BCUT2D eigenvalue weighted by Gasteiger charge is 2.02. The monoisotopic (exact) mass is 242 g/mol. The van der Waals surface area contributed by atoms with Gasteiger partial charge in [0, 0.05) is 11.2 Å². The Kier molecular flexibility index (Phi) is 2.79. The summed E-state index contributed by atoms with van der Waals surface area (Å²) in [5, 5.41) is 8.21. The van der Waals surface area contributed by atoms with Crippen molar-refractivity contribution < 1.29 is 0 Å². The minimum Gasteiger partial charge on any atom is -0.348 e. The first kappa shape index (κ1) is 10.3. The number of fused-ring (bicyclic) bond motifs is 1. The van der Waals surface area contributed by atoms with E-state index in [1.807, 2.05) is 0 Å². The lowest BCUT2D eigenvalue weighted by Gasteiger charge is -1.96. The summed E-state index contributed by atoms with van der Waals surface area (Å²) in [4.78, 5) is 4.21. The van der Waals surface area contributed by atoms with E-state index < -0.39 is 0 Å². The summed E-state index contributed by atoms with van der Waals surface area (Å²) in [6.07, 6.45) is 1.69.